The average molecular weight is 235 g/mol. The fourth-order valence-electron chi connectivity index (χ4n) is 3.09. The summed E-state index contributed by atoms with van der Waals surface area (Å²) in [4.78, 5) is 13.6. The van der Waals surface area contributed by atoms with Crippen molar-refractivity contribution < 1.29 is 9.90 Å². The first-order valence-corrected chi connectivity index (χ1v) is 6.24. The number of carboxylic acids is 1. The van der Waals surface area contributed by atoms with Gasteiger partial charge < -0.3 is 5.11 Å². The van der Waals surface area contributed by atoms with Crippen molar-refractivity contribution in [2.75, 3.05) is 13.1 Å². The van der Waals surface area contributed by atoms with Gasteiger partial charge in [-0.3, -0.25) is 14.8 Å². The zero-order valence-corrected chi connectivity index (χ0v) is 9.72. The lowest BCUT2D eigenvalue weighted by Crippen LogP contribution is -2.34. The zero-order valence-electron chi connectivity index (χ0n) is 9.72. The molecule has 1 aromatic heterocycles. The molecule has 3 rings (SSSR count). The Bertz CT molecular complexity index is 423. The van der Waals surface area contributed by atoms with Crippen LogP contribution in [0.25, 0.3) is 0 Å². The molecule has 0 aromatic carbocycles. The summed E-state index contributed by atoms with van der Waals surface area (Å²) < 4.78 is 0. The molecule has 0 bridgehead atoms. The van der Waals surface area contributed by atoms with Gasteiger partial charge in [0.15, 0.2) is 0 Å². The number of aliphatic carboxylic acids is 1. The van der Waals surface area contributed by atoms with Gasteiger partial charge in [-0.05, 0) is 32.4 Å². The number of carboxylic acid groups (broad SMARTS) is 1. The Balaban J connectivity index is 1.89. The van der Waals surface area contributed by atoms with E-state index in [4.69, 9.17) is 0 Å². The third-order valence-electron chi connectivity index (χ3n) is 4.00. The van der Waals surface area contributed by atoms with Gasteiger partial charge in [0.25, 0.3) is 0 Å². The second-order valence-electron chi connectivity index (χ2n) is 5.04. The van der Waals surface area contributed by atoms with E-state index in [2.05, 4.69) is 15.1 Å². The summed E-state index contributed by atoms with van der Waals surface area (Å²) in [6.07, 6.45) is 5.64. The van der Waals surface area contributed by atoms with Crippen LogP contribution in [0.3, 0.4) is 0 Å². The van der Waals surface area contributed by atoms with Crippen molar-refractivity contribution >= 4 is 5.97 Å². The summed E-state index contributed by atoms with van der Waals surface area (Å²) >= 11 is 0. The van der Waals surface area contributed by atoms with E-state index >= 15 is 0 Å². The molecule has 0 saturated carbocycles. The number of rotatable bonds is 2. The molecule has 0 radical (unpaired) electrons. The van der Waals surface area contributed by atoms with Crippen LogP contribution in [0.2, 0.25) is 0 Å². The standard InChI is InChI=1S/C12H17N3O2/c16-12(17)8-5-10-9(7-13-14-10)11(6-8)15-3-1-2-4-15/h7-8,11H,1-6H2,(H,13,14)(H,16,17). The Morgan fingerprint density at radius 2 is 2.24 bits per heavy atom. The van der Waals surface area contributed by atoms with Gasteiger partial charge in [0.1, 0.15) is 0 Å². The van der Waals surface area contributed by atoms with Crippen molar-refractivity contribution in [2.24, 2.45) is 5.92 Å². The second kappa shape index (κ2) is 4.14. The Hall–Kier alpha value is -1.36. The van der Waals surface area contributed by atoms with Crippen molar-refractivity contribution in [1.29, 1.82) is 0 Å². The van der Waals surface area contributed by atoms with Gasteiger partial charge in [0, 0.05) is 23.7 Å². The van der Waals surface area contributed by atoms with Crippen LogP contribution in [0.5, 0.6) is 0 Å². The minimum atomic E-state index is -0.686. The predicted molar refractivity (Wildman–Crippen MR) is 61.6 cm³/mol. The molecular weight excluding hydrogens is 218 g/mol. The molecule has 0 amide bonds. The van der Waals surface area contributed by atoms with Gasteiger partial charge >= 0.3 is 5.97 Å². The van der Waals surface area contributed by atoms with Gasteiger partial charge in [-0.2, -0.15) is 5.10 Å². The molecule has 2 aliphatic rings. The number of H-pyrrole nitrogens is 1. The Kier molecular flexibility index (Phi) is 2.63. The van der Waals surface area contributed by atoms with Gasteiger partial charge in [-0.1, -0.05) is 0 Å². The SMILES string of the molecule is O=C(O)C1Cc2[nH]ncc2C(N2CCCC2)C1. The van der Waals surface area contributed by atoms with Crippen LogP contribution in [0.4, 0.5) is 0 Å². The van der Waals surface area contributed by atoms with Crippen molar-refractivity contribution in [2.45, 2.75) is 31.7 Å². The number of nitrogens with one attached hydrogen (secondary N) is 1. The van der Waals surface area contributed by atoms with Gasteiger partial charge in [0.05, 0.1) is 12.1 Å². The summed E-state index contributed by atoms with van der Waals surface area (Å²) in [5, 5.41) is 16.2. The van der Waals surface area contributed by atoms with E-state index in [1.54, 1.807) is 0 Å². The molecule has 2 unspecified atom stereocenters. The molecule has 5 nitrogen and oxygen atoms in total. The third-order valence-corrected chi connectivity index (χ3v) is 4.00. The summed E-state index contributed by atoms with van der Waals surface area (Å²) in [6.45, 7) is 2.17. The topological polar surface area (TPSA) is 69.2 Å². The summed E-state index contributed by atoms with van der Waals surface area (Å²) in [5.41, 5.74) is 2.23. The van der Waals surface area contributed by atoms with Crippen LogP contribution in [0.1, 0.15) is 36.6 Å². The highest BCUT2D eigenvalue weighted by molar-refractivity contribution is 5.71. The molecule has 2 heterocycles. The molecular formula is C12H17N3O2. The van der Waals surface area contributed by atoms with E-state index in [0.717, 1.165) is 25.2 Å². The first-order valence-electron chi connectivity index (χ1n) is 6.24. The molecule has 2 atom stereocenters. The monoisotopic (exact) mass is 235 g/mol. The molecule has 1 saturated heterocycles. The number of likely N-dealkylation sites (tertiary alicyclic amines) is 1. The van der Waals surface area contributed by atoms with Crippen molar-refractivity contribution in [1.82, 2.24) is 15.1 Å². The molecule has 1 aromatic rings. The fourth-order valence-corrected chi connectivity index (χ4v) is 3.09. The van der Waals surface area contributed by atoms with E-state index < -0.39 is 5.97 Å². The van der Waals surface area contributed by atoms with Crippen molar-refractivity contribution in [3.05, 3.63) is 17.5 Å². The van der Waals surface area contributed by atoms with E-state index in [-0.39, 0.29) is 12.0 Å². The molecule has 1 aliphatic carbocycles. The highest BCUT2D eigenvalue weighted by Gasteiger charge is 2.36. The van der Waals surface area contributed by atoms with Crippen LogP contribution in [0.15, 0.2) is 6.20 Å². The normalized spacial score (nSPS) is 29.2. The fraction of sp³-hybridized carbons (Fsp3) is 0.667. The van der Waals surface area contributed by atoms with Crippen molar-refractivity contribution in [3.8, 4) is 0 Å². The minimum absolute atomic E-state index is 0.251. The number of hydrogen-bond acceptors (Lipinski definition) is 3. The molecule has 0 spiro atoms. The smallest absolute Gasteiger partial charge is 0.306 e. The van der Waals surface area contributed by atoms with E-state index in [9.17, 15) is 9.90 Å². The van der Waals surface area contributed by atoms with E-state index in [0.29, 0.717) is 6.42 Å². The summed E-state index contributed by atoms with van der Waals surface area (Å²) in [5.74, 6) is -0.956. The minimum Gasteiger partial charge on any atom is -0.481 e. The molecule has 5 heteroatoms. The maximum absolute atomic E-state index is 11.2. The van der Waals surface area contributed by atoms with Crippen molar-refractivity contribution in [3.63, 3.8) is 0 Å². The highest BCUT2D eigenvalue weighted by Crippen LogP contribution is 2.37. The average Bonchev–Trinajstić information content (AvgIpc) is 2.98. The molecule has 17 heavy (non-hydrogen) atoms. The van der Waals surface area contributed by atoms with Crippen LogP contribution in [0, 0.1) is 5.92 Å². The van der Waals surface area contributed by atoms with Crippen LogP contribution >= 0.6 is 0 Å². The summed E-state index contributed by atoms with van der Waals surface area (Å²) in [7, 11) is 0. The maximum Gasteiger partial charge on any atom is 0.306 e. The second-order valence-corrected chi connectivity index (χ2v) is 5.04. The van der Waals surface area contributed by atoms with Gasteiger partial charge in [0.2, 0.25) is 0 Å². The van der Waals surface area contributed by atoms with E-state index in [1.807, 2.05) is 6.20 Å². The predicted octanol–water partition coefficient (Wildman–Crippen LogP) is 1.19. The number of aromatic nitrogens is 2. The first kappa shape index (κ1) is 10.8. The van der Waals surface area contributed by atoms with Crippen LogP contribution < -0.4 is 0 Å². The van der Waals surface area contributed by atoms with Crippen LogP contribution in [-0.2, 0) is 11.2 Å². The molecule has 1 aliphatic heterocycles. The van der Waals surface area contributed by atoms with E-state index in [1.165, 1.54) is 18.4 Å². The maximum atomic E-state index is 11.2. The molecule has 2 N–H and O–H groups in total. The molecule has 92 valence electrons. The van der Waals surface area contributed by atoms with Crippen LogP contribution in [-0.4, -0.2) is 39.3 Å². The number of aromatic amines is 1. The zero-order chi connectivity index (χ0) is 11.8. The lowest BCUT2D eigenvalue weighted by molar-refractivity contribution is -0.142. The Morgan fingerprint density at radius 3 is 2.94 bits per heavy atom. The third kappa shape index (κ3) is 1.84. The quantitative estimate of drug-likeness (QED) is 0.808. The number of nitrogens with zero attached hydrogens (tertiary/aromatic N) is 2. The largest absolute Gasteiger partial charge is 0.481 e. The Labute approximate surface area is 99.8 Å². The number of hydrogen-bond donors (Lipinski definition) is 2. The van der Waals surface area contributed by atoms with Gasteiger partial charge in [-0.15, -0.1) is 0 Å². The highest BCUT2D eigenvalue weighted by atomic mass is 16.4. The number of fused-ring (bicyclic) bond motifs is 1. The number of carbonyl (C=O) groups is 1. The Morgan fingerprint density at radius 1 is 1.47 bits per heavy atom. The first-order chi connectivity index (χ1) is 8.25. The molecule has 1 fully saturated rings. The lowest BCUT2D eigenvalue weighted by atomic mass is 9.84. The summed E-state index contributed by atoms with van der Waals surface area (Å²) in [6, 6.07) is 0.251. The van der Waals surface area contributed by atoms with Gasteiger partial charge in [-0.25, -0.2) is 0 Å². The lowest BCUT2D eigenvalue weighted by Gasteiger charge is -2.33.